The van der Waals surface area contributed by atoms with Crippen LogP contribution in [0.25, 0.3) is 236 Å². The minimum atomic E-state index is -0.0558. The first kappa shape index (κ1) is 70.0. The van der Waals surface area contributed by atoms with Crippen molar-refractivity contribution in [2.45, 2.75) is 19.3 Å². The molecule has 3 N–H and O–H groups in total. The highest BCUT2D eigenvalue weighted by molar-refractivity contribution is 6.27. The van der Waals surface area contributed by atoms with Gasteiger partial charge in [-0.1, -0.05) is 305 Å². The fourth-order valence-electron chi connectivity index (χ4n) is 20.9. The maximum atomic E-state index is 4.41. The first-order chi connectivity index (χ1) is 60.8. The van der Waals surface area contributed by atoms with E-state index < -0.39 is 0 Å². The van der Waals surface area contributed by atoms with E-state index in [1.54, 1.807) is 0 Å². The van der Waals surface area contributed by atoms with Crippen molar-refractivity contribution in [3.63, 3.8) is 0 Å². The van der Waals surface area contributed by atoms with Crippen LogP contribution in [0.15, 0.2) is 413 Å². The molecule has 0 radical (unpaired) electrons. The highest BCUT2D eigenvalue weighted by atomic mass is 15.0. The van der Waals surface area contributed by atoms with Gasteiger partial charge in [0.25, 0.3) is 0 Å². The lowest BCUT2D eigenvalue weighted by molar-refractivity contribution is 0.660. The molecule has 0 amide bonds. The van der Waals surface area contributed by atoms with E-state index in [4.69, 9.17) is 0 Å². The first-order valence-electron chi connectivity index (χ1n) is 42.5. The summed E-state index contributed by atoms with van der Waals surface area (Å²) in [5.41, 5.74) is 33.0. The summed E-state index contributed by atoms with van der Waals surface area (Å²) >= 11 is 0. The number of H-pyrrole nitrogens is 3. The number of para-hydroxylation sites is 7. The van der Waals surface area contributed by atoms with Crippen LogP contribution in [0.3, 0.4) is 0 Å². The topological polar surface area (TPSA) is 75.0 Å². The number of hydrogen-bond acceptors (Lipinski definition) is 1. The van der Waals surface area contributed by atoms with E-state index in [9.17, 15) is 0 Å². The maximum Gasteiger partial charge on any atom is 0.0645 e. The molecule has 26 aromatic rings. The number of nitrogens with one attached hydrogen (secondary N) is 3. The third kappa shape index (κ3) is 10.9. The maximum absolute atomic E-state index is 4.41. The number of rotatable bonds is 7. The Morgan fingerprint density at radius 2 is 0.545 bits per heavy atom. The number of benzene rings is 19. The Balaban J connectivity index is 0.000000102. The quantitative estimate of drug-likeness (QED) is 0.146. The van der Waals surface area contributed by atoms with Gasteiger partial charge >= 0.3 is 0 Å². The lowest BCUT2D eigenvalue weighted by atomic mass is 9.82. The van der Waals surface area contributed by atoms with Gasteiger partial charge in [0.15, 0.2) is 0 Å². The second-order valence-corrected chi connectivity index (χ2v) is 33.5. The van der Waals surface area contributed by atoms with E-state index in [2.05, 4.69) is 442 Å². The van der Waals surface area contributed by atoms with Crippen LogP contribution in [-0.2, 0) is 5.41 Å². The molecule has 7 nitrogen and oxygen atoms in total. The Bertz CT molecular complexity index is 8850. The average molecular weight is 1570 g/mol. The molecule has 576 valence electrons. The van der Waals surface area contributed by atoms with Gasteiger partial charge in [0.2, 0.25) is 0 Å². The van der Waals surface area contributed by atoms with Gasteiger partial charge in [0.1, 0.15) is 0 Å². The second kappa shape index (κ2) is 27.5. The molecule has 123 heavy (non-hydrogen) atoms. The highest BCUT2D eigenvalue weighted by Gasteiger charge is 2.36. The van der Waals surface area contributed by atoms with Crippen LogP contribution < -0.4 is 0 Å². The van der Waals surface area contributed by atoms with Gasteiger partial charge in [-0.25, -0.2) is 0 Å². The van der Waals surface area contributed by atoms with E-state index in [1.165, 1.54) is 236 Å². The van der Waals surface area contributed by atoms with Gasteiger partial charge in [-0.15, -0.1) is 0 Å². The van der Waals surface area contributed by atoms with Crippen molar-refractivity contribution >= 4 is 163 Å². The zero-order valence-electron chi connectivity index (χ0n) is 67.5. The van der Waals surface area contributed by atoms with Gasteiger partial charge in [-0.2, -0.15) is 0 Å². The number of aromatic nitrogens is 7. The van der Waals surface area contributed by atoms with Gasteiger partial charge in [-0.05, 0) is 208 Å². The first-order valence-corrected chi connectivity index (χ1v) is 42.5. The summed E-state index contributed by atoms with van der Waals surface area (Å²) in [6.07, 6.45) is 3.76. The summed E-state index contributed by atoms with van der Waals surface area (Å²) < 4.78 is 7.17. The molecule has 0 fully saturated rings. The molecule has 7 heterocycles. The van der Waals surface area contributed by atoms with Crippen molar-refractivity contribution in [3.05, 3.63) is 424 Å². The van der Waals surface area contributed by atoms with Crippen molar-refractivity contribution in [1.29, 1.82) is 0 Å². The Morgan fingerprint density at radius 3 is 1.02 bits per heavy atom. The summed E-state index contributed by atoms with van der Waals surface area (Å²) in [4.78, 5) is 15.4. The molecule has 0 saturated heterocycles. The number of pyridine rings is 1. The van der Waals surface area contributed by atoms with Crippen LogP contribution in [0.5, 0.6) is 0 Å². The average Bonchev–Trinajstić information content (AvgIpc) is 1.54. The summed E-state index contributed by atoms with van der Waals surface area (Å²) in [5, 5.41) is 22.9. The Hall–Kier alpha value is -16.1. The standard InChI is InChI=1S/C43H30N2.C40H26N2.C33H21N3/c1-43(2)36-16-8-5-12-29(36)30-22-20-27(24-37(30)43)45-40-18-10-7-13-31(40)32-21-19-26(23-41(32)45)35-25-39-42(33-14-4-3-11-28(33)35)34-15-6-9-17-38(34)44-39;1-2-10-29(11-3-1)42-38-17-9-7-13-31(38)32-23-22-28(24-39(32)42)26-18-20-27(21-19-26)35-25-37-40(33-14-5-4-12-30(33)35)34-15-6-8-16-36(34)41-37;1-2-11-26-23(9-1)28(19-30-33(26)27-12-3-5-13-29(27)35-30)21-15-16-25-24-10-4-6-14-31(24)36(32(25)18-21)22-8-7-17-34-20-22/h3-25,44H,1-2H3;1-25,41H;1-20,35H. The second-order valence-electron chi connectivity index (χ2n) is 33.5. The van der Waals surface area contributed by atoms with Crippen LogP contribution in [0.2, 0.25) is 0 Å². The van der Waals surface area contributed by atoms with Crippen LogP contribution in [0.1, 0.15) is 25.0 Å². The third-order valence-corrected chi connectivity index (χ3v) is 26.4. The summed E-state index contributed by atoms with van der Waals surface area (Å²) in [6, 6.07) is 146. The molecular formula is C116H77N7. The molecule has 27 rings (SSSR count). The molecule has 7 heteroatoms. The lowest BCUT2D eigenvalue weighted by Crippen LogP contribution is -2.15. The SMILES string of the molecule is CC1(C)c2ccccc2-c2ccc(-n3c4ccccc4c4ccc(-c5cc6[nH]c7ccccc7c6c6ccccc56)cc43)cc21.c1ccc(-n2c3ccccc3c3ccc(-c4ccc(-c5cc6[nH]c7ccccc7c6c6ccccc56)cc4)cc32)cc1.c1cncc(-n2c3ccccc3c3ccc(-c4cc5[nH]c6ccccc6c5c5ccccc45)cc32)c1. The number of aromatic amines is 3. The van der Waals surface area contributed by atoms with E-state index in [0.717, 1.165) is 11.2 Å². The number of fused-ring (bicyclic) bond motifs is 27. The predicted molar refractivity (Wildman–Crippen MR) is 520 cm³/mol. The van der Waals surface area contributed by atoms with Crippen molar-refractivity contribution < 1.29 is 0 Å². The largest absolute Gasteiger partial charge is 0.354 e. The van der Waals surface area contributed by atoms with Crippen molar-refractivity contribution in [1.82, 2.24) is 33.6 Å². The van der Waals surface area contributed by atoms with Gasteiger partial charge in [-0.3, -0.25) is 4.98 Å². The summed E-state index contributed by atoms with van der Waals surface area (Å²) in [6.45, 7) is 4.72. The number of hydrogen-bond donors (Lipinski definition) is 3. The molecule has 0 atom stereocenters. The molecular weight excluding hydrogens is 1490 g/mol. The van der Waals surface area contributed by atoms with Crippen molar-refractivity contribution in [2.75, 3.05) is 0 Å². The molecule has 19 aromatic carbocycles. The minimum Gasteiger partial charge on any atom is -0.354 e. The van der Waals surface area contributed by atoms with E-state index in [0.29, 0.717) is 0 Å². The zero-order valence-corrected chi connectivity index (χ0v) is 67.5. The fraction of sp³-hybridized carbons (Fsp3) is 0.0259. The van der Waals surface area contributed by atoms with Crippen molar-refractivity contribution in [2.24, 2.45) is 0 Å². The molecule has 0 unspecified atom stereocenters. The van der Waals surface area contributed by atoms with Crippen LogP contribution in [-0.4, -0.2) is 33.6 Å². The smallest absolute Gasteiger partial charge is 0.0645 e. The van der Waals surface area contributed by atoms with Crippen LogP contribution in [0.4, 0.5) is 0 Å². The zero-order chi connectivity index (χ0) is 81.1. The van der Waals surface area contributed by atoms with E-state index >= 15 is 0 Å². The molecule has 0 aliphatic heterocycles. The van der Waals surface area contributed by atoms with E-state index in [1.807, 2.05) is 18.5 Å². The third-order valence-electron chi connectivity index (χ3n) is 26.4. The van der Waals surface area contributed by atoms with Crippen LogP contribution >= 0.6 is 0 Å². The van der Waals surface area contributed by atoms with Crippen LogP contribution in [0, 0.1) is 0 Å². The molecule has 1 aliphatic carbocycles. The highest BCUT2D eigenvalue weighted by Crippen LogP contribution is 2.51. The molecule has 0 spiro atoms. The number of nitrogens with zero attached hydrogens (tertiary/aromatic N) is 4. The Labute approximate surface area is 707 Å². The Morgan fingerprint density at radius 1 is 0.203 bits per heavy atom. The predicted octanol–water partition coefficient (Wildman–Crippen LogP) is 31.1. The molecule has 7 aromatic heterocycles. The van der Waals surface area contributed by atoms with Gasteiger partial charge in [0.05, 0.1) is 45.0 Å². The summed E-state index contributed by atoms with van der Waals surface area (Å²) in [5.74, 6) is 0. The molecule has 0 bridgehead atoms. The monoisotopic (exact) mass is 1570 g/mol. The van der Waals surface area contributed by atoms with Gasteiger partial charge < -0.3 is 28.7 Å². The fourth-order valence-corrected chi connectivity index (χ4v) is 20.9. The minimum absolute atomic E-state index is 0.0558. The Kier molecular flexibility index (Phi) is 15.6. The summed E-state index contributed by atoms with van der Waals surface area (Å²) in [7, 11) is 0. The molecule has 1 aliphatic rings. The van der Waals surface area contributed by atoms with Gasteiger partial charge in [0, 0.05) is 121 Å². The molecule has 0 saturated carbocycles. The normalized spacial score (nSPS) is 12.5. The van der Waals surface area contributed by atoms with Crippen molar-refractivity contribution in [3.8, 4) is 72.7 Å². The van der Waals surface area contributed by atoms with E-state index in [-0.39, 0.29) is 5.41 Å². The lowest BCUT2D eigenvalue weighted by Gasteiger charge is -2.22.